The van der Waals surface area contributed by atoms with Gasteiger partial charge in [0.15, 0.2) is 16.7 Å². The number of amides is 2. The lowest BCUT2D eigenvalue weighted by Gasteiger charge is -2.21. The fraction of sp³-hybridized carbons (Fsp3) is 0.238. The lowest BCUT2D eigenvalue weighted by molar-refractivity contribution is -0.123. The molecule has 1 fully saturated rings. The van der Waals surface area contributed by atoms with Gasteiger partial charge in [0.25, 0.3) is 0 Å². The van der Waals surface area contributed by atoms with Crippen molar-refractivity contribution in [3.63, 3.8) is 0 Å². The number of methoxy groups -OCH3 is 2. The maximum Gasteiger partial charge on any atom is 0.238 e. The van der Waals surface area contributed by atoms with E-state index < -0.39 is 11.1 Å². The molecule has 3 rings (SSSR count). The number of thioether (sulfide) groups is 1. The van der Waals surface area contributed by atoms with Crippen LogP contribution in [0.4, 0.5) is 10.1 Å². The Hall–Kier alpha value is -3.40. The number of ether oxygens (including phenoxy) is 2. The van der Waals surface area contributed by atoms with Crippen molar-refractivity contribution < 1.29 is 23.5 Å². The Balaban J connectivity index is 1.69. The van der Waals surface area contributed by atoms with Gasteiger partial charge in [-0.05, 0) is 49.4 Å². The van der Waals surface area contributed by atoms with Crippen LogP contribution in [0.3, 0.4) is 0 Å². The first kappa shape index (κ1) is 22.3. The predicted octanol–water partition coefficient (Wildman–Crippen LogP) is 3.18. The zero-order chi connectivity index (χ0) is 22.4. The molecule has 0 radical (unpaired) electrons. The van der Waals surface area contributed by atoms with Crippen molar-refractivity contribution in [3.8, 4) is 11.5 Å². The van der Waals surface area contributed by atoms with Gasteiger partial charge in [-0.1, -0.05) is 11.8 Å². The Morgan fingerprint density at radius 1 is 1.19 bits per heavy atom. The first-order chi connectivity index (χ1) is 14.9. The lowest BCUT2D eigenvalue weighted by atomic mass is 10.1. The van der Waals surface area contributed by atoms with Crippen LogP contribution in [0.15, 0.2) is 52.7 Å². The van der Waals surface area contributed by atoms with E-state index in [2.05, 4.69) is 20.8 Å². The molecule has 0 aliphatic carbocycles. The molecule has 0 saturated carbocycles. The van der Waals surface area contributed by atoms with Gasteiger partial charge in [0, 0.05) is 17.7 Å². The highest BCUT2D eigenvalue weighted by Crippen LogP contribution is 2.24. The van der Waals surface area contributed by atoms with Crippen molar-refractivity contribution in [2.75, 3.05) is 19.5 Å². The van der Waals surface area contributed by atoms with Crippen LogP contribution >= 0.6 is 11.8 Å². The van der Waals surface area contributed by atoms with E-state index in [1.165, 1.54) is 19.2 Å². The van der Waals surface area contributed by atoms with Gasteiger partial charge < -0.3 is 20.1 Å². The fourth-order valence-corrected chi connectivity index (χ4v) is 3.64. The van der Waals surface area contributed by atoms with Gasteiger partial charge in [-0.2, -0.15) is 5.10 Å². The van der Waals surface area contributed by atoms with E-state index in [1.54, 1.807) is 44.4 Å². The Morgan fingerprint density at radius 3 is 2.58 bits per heavy atom. The number of halogens is 1. The standard InChI is InChI=1S/C21H21FN4O4S/c1-12(13-4-9-17(30-3)16(22)10-13)25-26-21-24-19(27)11-18(31-21)20(28)23-14-5-7-15(29-2)8-6-14/h4-10,18H,11H2,1-3H3,(H,23,28)(H,24,26,27)/b25-12-/t18-/m1/s1. The number of anilines is 1. The molecule has 0 unspecified atom stereocenters. The van der Waals surface area contributed by atoms with Crippen LogP contribution in [0, 0.1) is 5.82 Å². The summed E-state index contributed by atoms with van der Waals surface area (Å²) in [4.78, 5) is 24.6. The Labute approximate surface area is 182 Å². The maximum atomic E-state index is 13.9. The molecule has 1 saturated heterocycles. The first-order valence-corrected chi connectivity index (χ1v) is 10.1. The quantitative estimate of drug-likeness (QED) is 0.526. The molecule has 8 nitrogen and oxygen atoms in total. The third-order valence-corrected chi connectivity index (χ3v) is 5.45. The van der Waals surface area contributed by atoms with Gasteiger partial charge in [-0.3, -0.25) is 9.59 Å². The Bertz CT molecular complexity index is 1040. The van der Waals surface area contributed by atoms with Crippen LogP contribution in [0.1, 0.15) is 18.9 Å². The molecule has 162 valence electrons. The van der Waals surface area contributed by atoms with E-state index in [0.29, 0.717) is 22.7 Å². The SMILES string of the molecule is COc1ccc(NC(=O)[C@H]2CC(=O)N/C(=N/N=C(/C)c3ccc(OC)c(F)c3)S2)cc1. The monoisotopic (exact) mass is 444 g/mol. The van der Waals surface area contributed by atoms with Crippen LogP contribution in [0.25, 0.3) is 0 Å². The summed E-state index contributed by atoms with van der Waals surface area (Å²) in [7, 11) is 2.94. The molecule has 1 heterocycles. The van der Waals surface area contributed by atoms with E-state index in [1.807, 2.05) is 0 Å². The molecule has 1 atom stereocenters. The number of hydrogen-bond acceptors (Lipinski definition) is 7. The van der Waals surface area contributed by atoms with Gasteiger partial charge in [-0.25, -0.2) is 4.39 Å². The number of nitrogens with one attached hydrogen (secondary N) is 2. The second-order valence-corrected chi connectivity index (χ2v) is 7.71. The summed E-state index contributed by atoms with van der Waals surface area (Å²) in [5.41, 5.74) is 1.54. The number of rotatable bonds is 6. The molecule has 2 aromatic rings. The smallest absolute Gasteiger partial charge is 0.238 e. The molecule has 1 aliphatic rings. The average molecular weight is 444 g/mol. The van der Waals surface area contributed by atoms with Crippen LogP contribution in [0.2, 0.25) is 0 Å². The number of carbonyl (C=O) groups is 2. The lowest BCUT2D eigenvalue weighted by Crippen LogP contribution is -2.41. The number of carbonyl (C=O) groups excluding carboxylic acids is 2. The second-order valence-electron chi connectivity index (χ2n) is 6.52. The third-order valence-electron chi connectivity index (χ3n) is 4.38. The summed E-state index contributed by atoms with van der Waals surface area (Å²) >= 11 is 1.10. The third kappa shape index (κ3) is 5.82. The zero-order valence-electron chi connectivity index (χ0n) is 17.1. The highest BCUT2D eigenvalue weighted by molar-refractivity contribution is 8.15. The van der Waals surface area contributed by atoms with Gasteiger partial charge >= 0.3 is 0 Å². The first-order valence-electron chi connectivity index (χ1n) is 9.27. The molecule has 2 N–H and O–H groups in total. The largest absolute Gasteiger partial charge is 0.497 e. The molecule has 1 aliphatic heterocycles. The molecule has 0 bridgehead atoms. The molecular weight excluding hydrogens is 423 g/mol. The van der Waals surface area contributed by atoms with E-state index in [0.717, 1.165) is 11.8 Å². The van der Waals surface area contributed by atoms with E-state index in [-0.39, 0.29) is 29.2 Å². The zero-order valence-corrected chi connectivity index (χ0v) is 18.0. The average Bonchev–Trinajstić information content (AvgIpc) is 2.77. The van der Waals surface area contributed by atoms with Gasteiger partial charge in [0.2, 0.25) is 11.8 Å². The van der Waals surface area contributed by atoms with E-state index in [9.17, 15) is 14.0 Å². The molecule has 2 aromatic carbocycles. The topological polar surface area (TPSA) is 101 Å². The van der Waals surface area contributed by atoms with Crippen molar-refractivity contribution in [1.29, 1.82) is 0 Å². The molecular formula is C21H21FN4O4S. The summed E-state index contributed by atoms with van der Waals surface area (Å²) < 4.78 is 23.9. The van der Waals surface area contributed by atoms with Crippen molar-refractivity contribution in [2.24, 2.45) is 10.2 Å². The maximum absolute atomic E-state index is 13.9. The molecule has 0 aromatic heterocycles. The number of hydrogen-bond donors (Lipinski definition) is 2. The summed E-state index contributed by atoms with van der Waals surface area (Å²) in [6, 6.07) is 11.3. The summed E-state index contributed by atoms with van der Waals surface area (Å²) in [6.07, 6.45) is 0.0120. The van der Waals surface area contributed by atoms with E-state index >= 15 is 0 Å². The summed E-state index contributed by atoms with van der Waals surface area (Å²) in [5.74, 6) is -0.378. The number of amidine groups is 1. The fourth-order valence-electron chi connectivity index (χ4n) is 2.71. The minimum Gasteiger partial charge on any atom is -0.497 e. The normalized spacial score (nSPS) is 17.8. The molecule has 0 spiro atoms. The molecule has 10 heteroatoms. The van der Waals surface area contributed by atoms with Crippen molar-refractivity contribution in [3.05, 3.63) is 53.8 Å². The van der Waals surface area contributed by atoms with Crippen LogP contribution in [-0.2, 0) is 9.59 Å². The Kier molecular flexibility index (Phi) is 7.24. The molecule has 2 amide bonds. The van der Waals surface area contributed by atoms with Gasteiger partial charge in [0.1, 0.15) is 11.0 Å². The number of nitrogens with zero attached hydrogens (tertiary/aromatic N) is 2. The van der Waals surface area contributed by atoms with Gasteiger partial charge in [-0.15, -0.1) is 5.10 Å². The van der Waals surface area contributed by atoms with Crippen LogP contribution in [0.5, 0.6) is 11.5 Å². The second kappa shape index (κ2) is 10.1. The van der Waals surface area contributed by atoms with Gasteiger partial charge in [0.05, 0.1) is 19.9 Å². The summed E-state index contributed by atoms with van der Waals surface area (Å²) in [5, 5.41) is 13.0. The van der Waals surface area contributed by atoms with Crippen LogP contribution in [-0.4, -0.2) is 42.2 Å². The van der Waals surface area contributed by atoms with Crippen LogP contribution < -0.4 is 20.1 Å². The van der Waals surface area contributed by atoms with Crippen molar-refractivity contribution in [1.82, 2.24) is 5.32 Å². The number of benzene rings is 2. The summed E-state index contributed by atoms with van der Waals surface area (Å²) in [6.45, 7) is 1.66. The highest BCUT2D eigenvalue weighted by Gasteiger charge is 2.30. The minimum absolute atomic E-state index is 0.0120. The highest BCUT2D eigenvalue weighted by atomic mass is 32.2. The minimum atomic E-state index is -0.663. The van der Waals surface area contributed by atoms with Crippen molar-refractivity contribution >= 4 is 40.1 Å². The molecule has 31 heavy (non-hydrogen) atoms. The predicted molar refractivity (Wildman–Crippen MR) is 118 cm³/mol. The Morgan fingerprint density at radius 2 is 1.94 bits per heavy atom. The van der Waals surface area contributed by atoms with Crippen molar-refractivity contribution in [2.45, 2.75) is 18.6 Å². The van der Waals surface area contributed by atoms with E-state index in [4.69, 9.17) is 9.47 Å².